The van der Waals surface area contributed by atoms with Crippen molar-refractivity contribution >= 4 is 11.1 Å². The number of nitrogens with zero attached hydrogens (tertiary/aromatic N) is 1. The standard InChI is InChI=1S/C15H12F2N2O/c1-8-5-6-12-11(19-8)7-13(20-12)15(18)14-9(16)3-2-4-10(14)17/h2-7,15H,18H2,1H3. The molecule has 102 valence electrons. The minimum absolute atomic E-state index is 0.205. The average molecular weight is 274 g/mol. The molecular weight excluding hydrogens is 262 g/mol. The Kier molecular flexibility index (Phi) is 2.99. The van der Waals surface area contributed by atoms with Crippen LogP contribution in [0.3, 0.4) is 0 Å². The summed E-state index contributed by atoms with van der Waals surface area (Å²) in [6.07, 6.45) is 0. The van der Waals surface area contributed by atoms with Crippen molar-refractivity contribution in [2.45, 2.75) is 13.0 Å². The van der Waals surface area contributed by atoms with E-state index < -0.39 is 17.7 Å². The Morgan fingerprint density at radius 2 is 1.85 bits per heavy atom. The Morgan fingerprint density at radius 3 is 2.55 bits per heavy atom. The molecule has 0 spiro atoms. The number of hydrogen-bond donors (Lipinski definition) is 1. The largest absolute Gasteiger partial charge is 0.457 e. The van der Waals surface area contributed by atoms with E-state index in [9.17, 15) is 8.78 Å². The highest BCUT2D eigenvalue weighted by Crippen LogP contribution is 2.28. The molecule has 3 rings (SSSR count). The second-order valence-corrected chi connectivity index (χ2v) is 4.60. The van der Waals surface area contributed by atoms with Gasteiger partial charge in [0.15, 0.2) is 5.58 Å². The van der Waals surface area contributed by atoms with Gasteiger partial charge in [0.1, 0.15) is 22.9 Å². The van der Waals surface area contributed by atoms with E-state index in [4.69, 9.17) is 10.2 Å². The van der Waals surface area contributed by atoms with Crippen molar-refractivity contribution in [2.75, 3.05) is 0 Å². The molecule has 2 heterocycles. The van der Waals surface area contributed by atoms with Crippen molar-refractivity contribution in [1.29, 1.82) is 0 Å². The van der Waals surface area contributed by atoms with Crippen LogP contribution < -0.4 is 5.73 Å². The molecule has 0 aliphatic rings. The predicted molar refractivity (Wildman–Crippen MR) is 71.1 cm³/mol. The lowest BCUT2D eigenvalue weighted by Crippen LogP contribution is -2.14. The number of halogens is 2. The van der Waals surface area contributed by atoms with Crippen LogP contribution in [-0.2, 0) is 0 Å². The minimum Gasteiger partial charge on any atom is -0.457 e. The maximum absolute atomic E-state index is 13.7. The van der Waals surface area contributed by atoms with Crippen molar-refractivity contribution in [2.24, 2.45) is 5.73 Å². The molecule has 3 aromatic rings. The minimum atomic E-state index is -1.01. The van der Waals surface area contributed by atoms with Gasteiger partial charge in [-0.25, -0.2) is 13.8 Å². The van der Waals surface area contributed by atoms with E-state index in [1.807, 2.05) is 6.92 Å². The molecule has 3 nitrogen and oxygen atoms in total. The molecule has 1 aromatic carbocycles. The van der Waals surface area contributed by atoms with Gasteiger partial charge in [-0.05, 0) is 31.2 Å². The number of hydrogen-bond acceptors (Lipinski definition) is 3. The summed E-state index contributed by atoms with van der Waals surface area (Å²) >= 11 is 0. The summed E-state index contributed by atoms with van der Waals surface area (Å²) in [7, 11) is 0. The first-order valence-electron chi connectivity index (χ1n) is 6.13. The van der Waals surface area contributed by atoms with Crippen LogP contribution in [0.25, 0.3) is 11.1 Å². The predicted octanol–water partition coefficient (Wildman–Crippen LogP) is 3.46. The smallest absolute Gasteiger partial charge is 0.152 e. The summed E-state index contributed by atoms with van der Waals surface area (Å²) < 4.78 is 33.0. The Balaban J connectivity index is 2.10. The molecule has 0 radical (unpaired) electrons. The third-order valence-electron chi connectivity index (χ3n) is 3.15. The number of fused-ring (bicyclic) bond motifs is 1. The maximum atomic E-state index is 13.7. The van der Waals surface area contributed by atoms with Gasteiger partial charge in [-0.3, -0.25) is 0 Å². The molecule has 20 heavy (non-hydrogen) atoms. The zero-order chi connectivity index (χ0) is 14.3. The van der Waals surface area contributed by atoms with Crippen LogP contribution in [0.1, 0.15) is 23.1 Å². The van der Waals surface area contributed by atoms with Crippen LogP contribution in [-0.4, -0.2) is 4.98 Å². The number of benzene rings is 1. The molecule has 0 bridgehead atoms. The first kappa shape index (κ1) is 12.7. The van der Waals surface area contributed by atoms with E-state index in [1.165, 1.54) is 18.2 Å². The molecule has 0 amide bonds. The van der Waals surface area contributed by atoms with Crippen LogP contribution in [0.2, 0.25) is 0 Å². The van der Waals surface area contributed by atoms with Crippen molar-refractivity contribution in [3.8, 4) is 0 Å². The van der Waals surface area contributed by atoms with Crippen molar-refractivity contribution < 1.29 is 13.2 Å². The van der Waals surface area contributed by atoms with Crippen molar-refractivity contribution in [3.05, 3.63) is 65.1 Å². The van der Waals surface area contributed by atoms with Crippen LogP contribution in [0, 0.1) is 18.6 Å². The highest BCUT2D eigenvalue weighted by molar-refractivity contribution is 5.73. The van der Waals surface area contributed by atoms with Gasteiger partial charge in [0.05, 0.1) is 6.04 Å². The summed E-state index contributed by atoms with van der Waals surface area (Å²) in [6, 6.07) is 7.79. The zero-order valence-electron chi connectivity index (χ0n) is 10.7. The molecule has 0 fully saturated rings. The van der Waals surface area contributed by atoms with E-state index in [-0.39, 0.29) is 11.3 Å². The maximum Gasteiger partial charge on any atom is 0.152 e. The summed E-state index contributed by atoms with van der Waals surface area (Å²) in [6.45, 7) is 1.85. The van der Waals surface area contributed by atoms with Crippen LogP contribution >= 0.6 is 0 Å². The molecule has 0 saturated carbocycles. The molecule has 0 aliphatic heterocycles. The fourth-order valence-electron chi connectivity index (χ4n) is 2.15. The summed E-state index contributed by atoms with van der Waals surface area (Å²) in [5, 5.41) is 0. The topological polar surface area (TPSA) is 52.0 Å². The lowest BCUT2D eigenvalue weighted by atomic mass is 10.0. The molecule has 5 heteroatoms. The molecule has 0 saturated heterocycles. The Hall–Kier alpha value is -2.27. The van der Waals surface area contributed by atoms with Gasteiger partial charge in [0.25, 0.3) is 0 Å². The molecule has 1 unspecified atom stereocenters. The quantitative estimate of drug-likeness (QED) is 0.778. The lowest BCUT2D eigenvalue weighted by molar-refractivity contribution is 0.487. The van der Waals surface area contributed by atoms with E-state index in [0.717, 1.165) is 5.69 Å². The summed E-state index contributed by atoms with van der Waals surface area (Å²) in [5.41, 5.74) is 7.70. The van der Waals surface area contributed by atoms with Gasteiger partial charge in [-0.15, -0.1) is 0 Å². The number of pyridine rings is 1. The second kappa shape index (κ2) is 4.68. The monoisotopic (exact) mass is 274 g/mol. The highest BCUT2D eigenvalue weighted by Gasteiger charge is 2.21. The van der Waals surface area contributed by atoms with Crippen LogP contribution in [0.4, 0.5) is 8.78 Å². The number of furan rings is 1. The van der Waals surface area contributed by atoms with Gasteiger partial charge in [0.2, 0.25) is 0 Å². The van der Waals surface area contributed by atoms with Crippen molar-refractivity contribution in [3.63, 3.8) is 0 Å². The fraction of sp³-hybridized carbons (Fsp3) is 0.133. The SMILES string of the molecule is Cc1ccc2oc(C(N)c3c(F)cccc3F)cc2n1. The number of aryl methyl sites for hydroxylation is 1. The molecule has 2 aromatic heterocycles. The molecular formula is C15H12F2N2O. The van der Waals surface area contributed by atoms with Gasteiger partial charge >= 0.3 is 0 Å². The van der Waals surface area contributed by atoms with Gasteiger partial charge in [-0.2, -0.15) is 0 Å². The van der Waals surface area contributed by atoms with E-state index in [2.05, 4.69) is 4.98 Å². The lowest BCUT2D eigenvalue weighted by Gasteiger charge is -2.10. The Bertz CT molecular complexity index is 762. The number of nitrogens with two attached hydrogens (primary N) is 1. The second-order valence-electron chi connectivity index (χ2n) is 4.60. The van der Waals surface area contributed by atoms with Crippen molar-refractivity contribution in [1.82, 2.24) is 4.98 Å². The third kappa shape index (κ3) is 2.06. The Morgan fingerprint density at radius 1 is 1.15 bits per heavy atom. The fourth-order valence-corrected chi connectivity index (χ4v) is 2.15. The van der Waals surface area contributed by atoms with Gasteiger partial charge in [0, 0.05) is 17.3 Å². The van der Waals surface area contributed by atoms with Crippen LogP contribution in [0.5, 0.6) is 0 Å². The zero-order valence-corrected chi connectivity index (χ0v) is 10.7. The average Bonchev–Trinajstić information content (AvgIpc) is 2.81. The Labute approximate surface area is 114 Å². The van der Waals surface area contributed by atoms with E-state index in [0.29, 0.717) is 11.1 Å². The first-order valence-corrected chi connectivity index (χ1v) is 6.13. The molecule has 0 aliphatic carbocycles. The normalized spacial score (nSPS) is 12.8. The molecule has 2 N–H and O–H groups in total. The third-order valence-corrected chi connectivity index (χ3v) is 3.15. The highest BCUT2D eigenvalue weighted by atomic mass is 19.1. The van der Waals surface area contributed by atoms with Gasteiger partial charge in [-0.1, -0.05) is 6.07 Å². The summed E-state index contributed by atoms with van der Waals surface area (Å²) in [5.74, 6) is -1.11. The van der Waals surface area contributed by atoms with E-state index >= 15 is 0 Å². The van der Waals surface area contributed by atoms with E-state index in [1.54, 1.807) is 18.2 Å². The molecule has 1 atom stereocenters. The van der Waals surface area contributed by atoms with Crippen LogP contribution in [0.15, 0.2) is 40.8 Å². The first-order chi connectivity index (χ1) is 9.56. The number of aromatic nitrogens is 1. The summed E-state index contributed by atoms with van der Waals surface area (Å²) in [4.78, 5) is 4.28. The van der Waals surface area contributed by atoms with Gasteiger partial charge < -0.3 is 10.2 Å². The number of rotatable bonds is 2.